The third-order valence-corrected chi connectivity index (χ3v) is 5.05. The molecule has 2 amide bonds. The van der Waals surface area contributed by atoms with E-state index >= 15 is 0 Å². The molecule has 2 aromatic rings. The van der Waals surface area contributed by atoms with Gasteiger partial charge in [-0.2, -0.15) is 5.01 Å². The van der Waals surface area contributed by atoms with Crippen molar-refractivity contribution in [2.75, 3.05) is 45.0 Å². The van der Waals surface area contributed by atoms with Gasteiger partial charge in [-0.25, -0.2) is 4.79 Å². The SMILES string of the molecule is CCC(CN1CCOCC1)OC(=O)N(NC(=O)c1ccccc1OC)c1ccccc1. The van der Waals surface area contributed by atoms with Crippen LogP contribution in [0.5, 0.6) is 5.75 Å². The highest BCUT2D eigenvalue weighted by Crippen LogP contribution is 2.19. The number of hydrogen-bond acceptors (Lipinski definition) is 6. The van der Waals surface area contributed by atoms with Gasteiger partial charge in [-0.1, -0.05) is 37.3 Å². The highest BCUT2D eigenvalue weighted by Gasteiger charge is 2.26. The Morgan fingerprint density at radius 3 is 2.45 bits per heavy atom. The number of para-hydroxylation sites is 2. The van der Waals surface area contributed by atoms with E-state index in [1.165, 1.54) is 7.11 Å². The van der Waals surface area contributed by atoms with E-state index in [2.05, 4.69) is 10.3 Å². The molecule has 1 saturated heterocycles. The van der Waals surface area contributed by atoms with Gasteiger partial charge in [0.1, 0.15) is 11.9 Å². The van der Waals surface area contributed by atoms with E-state index in [1.807, 2.05) is 13.0 Å². The first-order valence-corrected chi connectivity index (χ1v) is 10.4. The average molecular weight is 428 g/mol. The summed E-state index contributed by atoms with van der Waals surface area (Å²) in [5, 5.41) is 1.14. The Hall–Kier alpha value is -3.10. The van der Waals surface area contributed by atoms with Gasteiger partial charge in [0, 0.05) is 19.6 Å². The lowest BCUT2D eigenvalue weighted by Crippen LogP contribution is -2.49. The minimum absolute atomic E-state index is 0.306. The van der Waals surface area contributed by atoms with Crippen LogP contribution in [0.4, 0.5) is 10.5 Å². The topological polar surface area (TPSA) is 80.3 Å². The number of nitrogens with zero attached hydrogens (tertiary/aromatic N) is 2. The highest BCUT2D eigenvalue weighted by molar-refractivity contribution is 6.01. The Morgan fingerprint density at radius 1 is 1.10 bits per heavy atom. The van der Waals surface area contributed by atoms with Crippen molar-refractivity contribution in [1.29, 1.82) is 0 Å². The van der Waals surface area contributed by atoms with Crippen molar-refractivity contribution in [2.45, 2.75) is 19.4 Å². The second kappa shape index (κ2) is 11.3. The molecule has 1 fully saturated rings. The minimum atomic E-state index is -0.644. The normalized spacial score (nSPS) is 15.0. The summed E-state index contributed by atoms with van der Waals surface area (Å²) in [6, 6.07) is 15.7. The second-order valence-corrected chi connectivity index (χ2v) is 7.14. The molecule has 0 aromatic heterocycles. The molecule has 31 heavy (non-hydrogen) atoms. The molecule has 1 atom stereocenters. The number of amides is 2. The number of rotatable bonds is 7. The van der Waals surface area contributed by atoms with Crippen LogP contribution in [0.25, 0.3) is 0 Å². The van der Waals surface area contributed by atoms with Crippen LogP contribution in [0.1, 0.15) is 23.7 Å². The van der Waals surface area contributed by atoms with Crippen LogP contribution in [-0.2, 0) is 9.47 Å². The molecule has 8 heteroatoms. The van der Waals surface area contributed by atoms with Crippen LogP contribution in [0.3, 0.4) is 0 Å². The summed E-state index contributed by atoms with van der Waals surface area (Å²) in [6.45, 7) is 5.56. The zero-order valence-corrected chi connectivity index (χ0v) is 18.0. The van der Waals surface area contributed by atoms with Crippen LogP contribution < -0.4 is 15.2 Å². The monoisotopic (exact) mass is 427 g/mol. The van der Waals surface area contributed by atoms with Crippen molar-refractivity contribution in [3.8, 4) is 5.75 Å². The van der Waals surface area contributed by atoms with Gasteiger partial charge in [0.2, 0.25) is 0 Å². The Balaban J connectivity index is 1.75. The zero-order valence-electron chi connectivity index (χ0n) is 18.0. The summed E-state index contributed by atoms with van der Waals surface area (Å²) < 4.78 is 16.4. The first-order chi connectivity index (χ1) is 15.1. The lowest BCUT2D eigenvalue weighted by Gasteiger charge is -2.31. The number of hydrazine groups is 1. The number of benzene rings is 2. The van der Waals surface area contributed by atoms with Gasteiger partial charge in [0.25, 0.3) is 5.91 Å². The fraction of sp³-hybridized carbons (Fsp3) is 0.391. The summed E-state index contributed by atoms with van der Waals surface area (Å²) in [5.74, 6) is -0.0559. The Bertz CT molecular complexity index is 855. The molecule has 0 spiro atoms. The number of anilines is 1. The van der Waals surface area contributed by atoms with Gasteiger partial charge in [0.05, 0.1) is 31.6 Å². The second-order valence-electron chi connectivity index (χ2n) is 7.14. The van der Waals surface area contributed by atoms with Crippen LogP contribution in [0.15, 0.2) is 54.6 Å². The molecule has 166 valence electrons. The quantitative estimate of drug-likeness (QED) is 0.684. The Labute approximate surface area is 182 Å². The van der Waals surface area contributed by atoms with Gasteiger partial charge in [-0.3, -0.25) is 15.1 Å². The molecule has 1 aliphatic heterocycles. The van der Waals surface area contributed by atoms with E-state index < -0.39 is 12.0 Å². The molecule has 0 bridgehead atoms. The maximum absolute atomic E-state index is 13.1. The number of carbonyl (C=O) groups is 2. The van der Waals surface area contributed by atoms with E-state index in [0.717, 1.165) is 18.1 Å². The van der Waals surface area contributed by atoms with Crippen LogP contribution in [0, 0.1) is 0 Å². The number of carbonyl (C=O) groups excluding carboxylic acids is 2. The van der Waals surface area contributed by atoms with Crippen molar-refractivity contribution in [3.63, 3.8) is 0 Å². The number of nitrogens with one attached hydrogen (secondary N) is 1. The molecule has 8 nitrogen and oxygen atoms in total. The number of morpholine rings is 1. The molecule has 1 heterocycles. The number of hydrogen-bond donors (Lipinski definition) is 1. The molecular weight excluding hydrogens is 398 g/mol. The van der Waals surface area contributed by atoms with Crippen molar-refractivity contribution >= 4 is 17.7 Å². The van der Waals surface area contributed by atoms with Gasteiger partial charge in [-0.05, 0) is 30.7 Å². The van der Waals surface area contributed by atoms with Crippen LogP contribution >= 0.6 is 0 Å². The van der Waals surface area contributed by atoms with Crippen molar-refractivity contribution < 1.29 is 23.8 Å². The number of methoxy groups -OCH3 is 1. The van der Waals surface area contributed by atoms with E-state index in [0.29, 0.717) is 43.2 Å². The molecule has 3 rings (SSSR count). The third-order valence-electron chi connectivity index (χ3n) is 5.05. The summed E-state index contributed by atoms with van der Waals surface area (Å²) in [7, 11) is 1.49. The van der Waals surface area contributed by atoms with Gasteiger partial charge < -0.3 is 14.2 Å². The summed E-state index contributed by atoms with van der Waals surface area (Å²) >= 11 is 0. The van der Waals surface area contributed by atoms with Crippen molar-refractivity contribution in [3.05, 3.63) is 60.2 Å². The van der Waals surface area contributed by atoms with Crippen LogP contribution in [-0.4, -0.2) is 63.0 Å². The fourth-order valence-electron chi connectivity index (χ4n) is 3.30. The predicted octanol–water partition coefficient (Wildman–Crippen LogP) is 3.09. The molecule has 0 radical (unpaired) electrons. The van der Waals surface area contributed by atoms with E-state index in [1.54, 1.807) is 48.5 Å². The highest BCUT2D eigenvalue weighted by atomic mass is 16.6. The first-order valence-electron chi connectivity index (χ1n) is 10.4. The van der Waals surface area contributed by atoms with Gasteiger partial charge in [-0.15, -0.1) is 0 Å². The van der Waals surface area contributed by atoms with E-state index in [4.69, 9.17) is 14.2 Å². The Kier molecular flexibility index (Phi) is 8.26. The molecule has 0 saturated carbocycles. The molecule has 2 aromatic carbocycles. The van der Waals surface area contributed by atoms with Gasteiger partial charge >= 0.3 is 6.09 Å². The van der Waals surface area contributed by atoms with E-state index in [-0.39, 0.29) is 6.10 Å². The maximum atomic E-state index is 13.1. The average Bonchev–Trinajstić information content (AvgIpc) is 2.83. The fourth-order valence-corrected chi connectivity index (χ4v) is 3.30. The smallest absolute Gasteiger partial charge is 0.433 e. The minimum Gasteiger partial charge on any atom is -0.496 e. The zero-order chi connectivity index (χ0) is 22.1. The lowest BCUT2D eigenvalue weighted by atomic mass is 10.2. The summed E-state index contributed by atoms with van der Waals surface area (Å²) in [5.41, 5.74) is 3.48. The maximum Gasteiger partial charge on any atom is 0.433 e. The van der Waals surface area contributed by atoms with Crippen molar-refractivity contribution in [2.24, 2.45) is 0 Å². The third kappa shape index (κ3) is 6.19. The molecule has 1 aliphatic rings. The Morgan fingerprint density at radius 2 is 1.77 bits per heavy atom. The molecule has 1 unspecified atom stereocenters. The standard InChI is InChI=1S/C23H29N3O5/c1-3-19(17-25-13-15-30-16-14-25)31-23(28)26(18-9-5-4-6-10-18)24-22(27)20-11-7-8-12-21(20)29-2/h4-12,19H,3,13-17H2,1-2H3,(H,24,27). The van der Waals surface area contributed by atoms with Crippen molar-refractivity contribution in [1.82, 2.24) is 10.3 Å². The summed E-state index contributed by atoms with van der Waals surface area (Å²) in [4.78, 5) is 28.2. The first kappa shape index (κ1) is 22.6. The lowest BCUT2D eigenvalue weighted by molar-refractivity contribution is 0.00887. The predicted molar refractivity (Wildman–Crippen MR) is 117 cm³/mol. The molecule has 1 N–H and O–H groups in total. The van der Waals surface area contributed by atoms with Crippen LogP contribution in [0.2, 0.25) is 0 Å². The molecule has 0 aliphatic carbocycles. The van der Waals surface area contributed by atoms with Gasteiger partial charge in [0.15, 0.2) is 0 Å². The molecular formula is C23H29N3O5. The van der Waals surface area contributed by atoms with E-state index in [9.17, 15) is 9.59 Å². The summed E-state index contributed by atoms with van der Waals surface area (Å²) in [6.07, 6.45) is -0.291. The largest absolute Gasteiger partial charge is 0.496 e. The number of ether oxygens (including phenoxy) is 3.